The van der Waals surface area contributed by atoms with Gasteiger partial charge in [0.15, 0.2) is 0 Å². The van der Waals surface area contributed by atoms with Crippen molar-refractivity contribution < 1.29 is 5.11 Å². The van der Waals surface area contributed by atoms with Gasteiger partial charge in [0.05, 0.1) is 6.07 Å². The molecule has 4 heteroatoms. The maximum absolute atomic E-state index is 8.84. The first-order chi connectivity index (χ1) is 6.76. The van der Waals surface area contributed by atoms with Crippen molar-refractivity contribution in [3.05, 3.63) is 0 Å². The molecule has 0 saturated carbocycles. The summed E-state index contributed by atoms with van der Waals surface area (Å²) in [6, 6.07) is 2.03. The Kier molecular flexibility index (Phi) is 5.24. The van der Waals surface area contributed by atoms with Crippen molar-refractivity contribution in [2.45, 2.75) is 24.6 Å². The second kappa shape index (κ2) is 6.23. The molecule has 80 valence electrons. The van der Waals surface area contributed by atoms with Crippen molar-refractivity contribution in [1.29, 1.82) is 5.26 Å². The summed E-state index contributed by atoms with van der Waals surface area (Å²) in [5, 5.41) is 17.0. The fraction of sp³-hybridized carbons (Fsp3) is 0.900. The van der Waals surface area contributed by atoms with Crippen LogP contribution in [-0.4, -0.2) is 41.6 Å². The van der Waals surface area contributed by atoms with E-state index in [0.29, 0.717) is 12.5 Å². The summed E-state index contributed by atoms with van der Waals surface area (Å²) in [7, 11) is 0. The predicted molar refractivity (Wildman–Crippen MR) is 56.1 cm³/mol. The topological polar surface area (TPSA) is 47.3 Å². The van der Waals surface area contributed by atoms with Gasteiger partial charge in [-0.1, -0.05) is 0 Å². The van der Waals surface area contributed by atoms with Gasteiger partial charge >= 0.3 is 0 Å². The molecule has 3 nitrogen and oxygen atoms in total. The molecule has 1 aliphatic rings. The number of rotatable bonds is 4. The highest BCUT2D eigenvalue weighted by atomic mass is 35.5. The molecular weight excluding hydrogens is 200 g/mol. The second-order valence-electron chi connectivity index (χ2n) is 3.88. The smallest absolute Gasteiger partial charge is 0.133 e. The van der Waals surface area contributed by atoms with E-state index >= 15 is 0 Å². The lowest BCUT2D eigenvalue weighted by molar-refractivity contribution is 0.151. The van der Waals surface area contributed by atoms with E-state index in [4.69, 9.17) is 22.0 Å². The summed E-state index contributed by atoms with van der Waals surface area (Å²) in [5.74, 6) is 0.580. The van der Waals surface area contributed by atoms with Gasteiger partial charge in [-0.3, -0.25) is 0 Å². The average Bonchev–Trinajstić information content (AvgIpc) is 2.19. The zero-order valence-corrected chi connectivity index (χ0v) is 9.08. The molecule has 0 spiro atoms. The van der Waals surface area contributed by atoms with Crippen LogP contribution >= 0.6 is 11.6 Å². The third-order valence-corrected chi connectivity index (χ3v) is 2.93. The van der Waals surface area contributed by atoms with E-state index in [-0.39, 0.29) is 6.61 Å². The Morgan fingerprint density at radius 2 is 2.43 bits per heavy atom. The molecule has 0 aromatic carbocycles. The number of hydrogen-bond acceptors (Lipinski definition) is 3. The number of nitrogens with zero attached hydrogens (tertiary/aromatic N) is 2. The largest absolute Gasteiger partial charge is 0.396 e. The van der Waals surface area contributed by atoms with Gasteiger partial charge in [-0.15, -0.1) is 11.6 Å². The average molecular weight is 217 g/mol. The number of aliphatic hydroxyl groups is 1. The summed E-state index contributed by atoms with van der Waals surface area (Å²) in [5.41, 5.74) is 0. The molecule has 0 aliphatic carbocycles. The summed E-state index contributed by atoms with van der Waals surface area (Å²) >= 11 is 5.77. The van der Waals surface area contributed by atoms with Crippen molar-refractivity contribution in [2.24, 2.45) is 5.92 Å². The molecule has 0 bridgehead atoms. The molecule has 2 atom stereocenters. The molecule has 0 aromatic rings. The minimum absolute atomic E-state index is 0.265. The number of alkyl halides is 1. The van der Waals surface area contributed by atoms with Gasteiger partial charge in [0.25, 0.3) is 0 Å². The molecular formula is C10H17ClN2O. The quantitative estimate of drug-likeness (QED) is 0.719. The van der Waals surface area contributed by atoms with Gasteiger partial charge in [-0.25, -0.2) is 0 Å². The minimum atomic E-state index is -0.400. The molecule has 14 heavy (non-hydrogen) atoms. The van der Waals surface area contributed by atoms with Crippen molar-refractivity contribution in [3.63, 3.8) is 0 Å². The van der Waals surface area contributed by atoms with Crippen LogP contribution < -0.4 is 0 Å². The first kappa shape index (κ1) is 11.8. The van der Waals surface area contributed by atoms with Crippen LogP contribution in [0.1, 0.15) is 19.3 Å². The van der Waals surface area contributed by atoms with Crippen LogP contribution in [0.5, 0.6) is 0 Å². The van der Waals surface area contributed by atoms with Crippen LogP contribution in [0.15, 0.2) is 0 Å². The lowest BCUT2D eigenvalue weighted by atomic mass is 9.95. The van der Waals surface area contributed by atoms with E-state index in [2.05, 4.69) is 4.90 Å². The van der Waals surface area contributed by atoms with Crippen LogP contribution in [0.2, 0.25) is 0 Å². The van der Waals surface area contributed by atoms with E-state index < -0.39 is 5.38 Å². The molecule has 0 radical (unpaired) electrons. The molecule has 1 aliphatic heterocycles. The van der Waals surface area contributed by atoms with Crippen LogP contribution in [0, 0.1) is 17.2 Å². The van der Waals surface area contributed by atoms with Crippen LogP contribution in [0.3, 0.4) is 0 Å². The maximum Gasteiger partial charge on any atom is 0.133 e. The summed E-state index contributed by atoms with van der Waals surface area (Å²) in [6.45, 7) is 2.93. The van der Waals surface area contributed by atoms with E-state index in [1.165, 1.54) is 6.42 Å². The van der Waals surface area contributed by atoms with Crippen molar-refractivity contribution in [3.8, 4) is 6.07 Å². The molecule has 0 aromatic heterocycles. The number of likely N-dealkylation sites (tertiary alicyclic amines) is 1. The lowest BCUT2D eigenvalue weighted by Gasteiger charge is -2.32. The first-order valence-electron chi connectivity index (χ1n) is 5.13. The molecule has 0 amide bonds. The first-order valence-corrected chi connectivity index (χ1v) is 5.56. The summed E-state index contributed by atoms with van der Waals surface area (Å²) < 4.78 is 0. The van der Waals surface area contributed by atoms with Crippen molar-refractivity contribution in [2.75, 3.05) is 26.2 Å². The second-order valence-corrected chi connectivity index (χ2v) is 4.40. The highest BCUT2D eigenvalue weighted by Crippen LogP contribution is 2.19. The zero-order chi connectivity index (χ0) is 10.4. The number of hydrogen-bond donors (Lipinski definition) is 1. The predicted octanol–water partition coefficient (Wildman–Crippen LogP) is 1.21. The van der Waals surface area contributed by atoms with Crippen molar-refractivity contribution in [1.82, 2.24) is 4.90 Å². The number of aliphatic hydroxyl groups excluding tert-OH is 1. The van der Waals surface area contributed by atoms with E-state index in [9.17, 15) is 0 Å². The SMILES string of the molecule is N#CC(Cl)CN1CCCC(CCO)C1. The minimum Gasteiger partial charge on any atom is -0.396 e. The van der Waals surface area contributed by atoms with Gasteiger partial charge in [0, 0.05) is 19.7 Å². The Balaban J connectivity index is 2.29. The summed E-state index contributed by atoms with van der Waals surface area (Å²) in [4.78, 5) is 2.23. The van der Waals surface area contributed by atoms with E-state index in [1.807, 2.05) is 6.07 Å². The third kappa shape index (κ3) is 3.83. The van der Waals surface area contributed by atoms with Gasteiger partial charge in [-0.2, -0.15) is 5.26 Å². The molecule has 1 fully saturated rings. The highest BCUT2D eigenvalue weighted by Gasteiger charge is 2.20. The molecule has 1 saturated heterocycles. The van der Waals surface area contributed by atoms with E-state index in [1.54, 1.807) is 0 Å². The van der Waals surface area contributed by atoms with Gasteiger partial charge in [-0.05, 0) is 31.7 Å². The monoisotopic (exact) mass is 216 g/mol. The van der Waals surface area contributed by atoms with Gasteiger partial charge < -0.3 is 10.0 Å². The lowest BCUT2D eigenvalue weighted by Crippen LogP contribution is -2.38. The van der Waals surface area contributed by atoms with Crippen LogP contribution in [0.25, 0.3) is 0 Å². The summed E-state index contributed by atoms with van der Waals surface area (Å²) in [6.07, 6.45) is 3.21. The standard InChI is InChI=1S/C10H17ClN2O/c11-10(6-12)8-13-4-1-2-9(7-13)3-5-14/h9-10,14H,1-5,7-8H2. The Hall–Kier alpha value is -0.300. The Bertz CT molecular complexity index is 203. The number of halogens is 1. The Morgan fingerprint density at radius 3 is 3.07 bits per heavy atom. The van der Waals surface area contributed by atoms with E-state index in [0.717, 1.165) is 25.9 Å². The zero-order valence-electron chi connectivity index (χ0n) is 8.32. The molecule has 1 rings (SSSR count). The fourth-order valence-electron chi connectivity index (χ4n) is 2.00. The van der Waals surface area contributed by atoms with Crippen LogP contribution in [-0.2, 0) is 0 Å². The Morgan fingerprint density at radius 1 is 1.64 bits per heavy atom. The van der Waals surface area contributed by atoms with Crippen LogP contribution in [0.4, 0.5) is 0 Å². The van der Waals surface area contributed by atoms with Gasteiger partial charge in [0.2, 0.25) is 0 Å². The normalized spacial score (nSPS) is 25.6. The highest BCUT2D eigenvalue weighted by molar-refractivity contribution is 6.22. The Labute approximate surface area is 90.3 Å². The van der Waals surface area contributed by atoms with Gasteiger partial charge in [0.1, 0.15) is 5.38 Å². The van der Waals surface area contributed by atoms with Crippen molar-refractivity contribution >= 4 is 11.6 Å². The molecule has 1 heterocycles. The maximum atomic E-state index is 8.84. The molecule has 1 N–H and O–H groups in total. The third-order valence-electron chi connectivity index (χ3n) is 2.70. The fourth-order valence-corrected chi connectivity index (χ4v) is 2.20. The number of nitriles is 1. The molecule has 2 unspecified atom stereocenters. The number of piperidine rings is 1.